The Morgan fingerprint density at radius 2 is 1.95 bits per heavy atom. The van der Waals surface area contributed by atoms with Gasteiger partial charge in [-0.1, -0.05) is 86.9 Å². The topological polar surface area (TPSA) is 47.4 Å². The van der Waals surface area contributed by atoms with E-state index in [9.17, 15) is 4.79 Å². The minimum Gasteiger partial charge on any atom is -0.492 e. The Bertz CT molecular complexity index is 1290. The van der Waals surface area contributed by atoms with Crippen molar-refractivity contribution in [1.82, 2.24) is 14.7 Å². The van der Waals surface area contributed by atoms with E-state index in [0.717, 1.165) is 48.2 Å². The van der Waals surface area contributed by atoms with Crippen molar-refractivity contribution in [2.45, 2.75) is 46.5 Å². The highest BCUT2D eigenvalue weighted by molar-refractivity contribution is 8.26. The van der Waals surface area contributed by atoms with Crippen LogP contribution in [-0.2, 0) is 4.79 Å². The molecule has 0 spiro atoms. The van der Waals surface area contributed by atoms with Gasteiger partial charge in [0.1, 0.15) is 15.8 Å². The van der Waals surface area contributed by atoms with Crippen LogP contribution in [-0.4, -0.2) is 38.1 Å². The van der Waals surface area contributed by atoms with E-state index < -0.39 is 0 Å². The van der Waals surface area contributed by atoms with Crippen molar-refractivity contribution in [3.05, 3.63) is 70.2 Å². The van der Waals surface area contributed by atoms with E-state index in [-0.39, 0.29) is 5.91 Å². The first-order valence-corrected chi connectivity index (χ1v) is 14.4. The van der Waals surface area contributed by atoms with Crippen molar-refractivity contribution in [2.24, 2.45) is 5.92 Å². The van der Waals surface area contributed by atoms with Crippen LogP contribution in [0, 0.1) is 5.92 Å². The van der Waals surface area contributed by atoms with Crippen LogP contribution in [0.2, 0.25) is 5.02 Å². The molecule has 0 saturated carbocycles. The normalized spacial score (nSPS) is 15.6. The summed E-state index contributed by atoms with van der Waals surface area (Å²) in [4.78, 5) is 15.8. The molecular weight excluding hydrogens is 522 g/mol. The van der Waals surface area contributed by atoms with E-state index in [1.807, 2.05) is 72.4 Å². The quantitative estimate of drug-likeness (QED) is 0.178. The number of halogens is 1. The number of benzene rings is 2. The molecule has 1 saturated heterocycles. The van der Waals surface area contributed by atoms with E-state index in [1.165, 1.54) is 11.8 Å². The van der Waals surface area contributed by atoms with E-state index in [4.69, 9.17) is 33.7 Å². The van der Waals surface area contributed by atoms with Crippen LogP contribution in [0.3, 0.4) is 0 Å². The number of unbranched alkanes of at least 4 members (excludes halogenated alkanes) is 1. The average Bonchev–Trinajstić information content (AvgIpc) is 3.44. The third-order valence-corrected chi connectivity index (χ3v) is 8.09. The average molecular weight is 554 g/mol. The Balaban J connectivity index is 1.70. The van der Waals surface area contributed by atoms with E-state index in [2.05, 4.69) is 13.8 Å². The fourth-order valence-electron chi connectivity index (χ4n) is 4.33. The van der Waals surface area contributed by atoms with Crippen molar-refractivity contribution >= 4 is 51.9 Å². The Hall–Kier alpha value is -2.61. The molecule has 0 unspecified atom stereocenters. The summed E-state index contributed by atoms with van der Waals surface area (Å²) in [6.07, 6.45) is 8.29. The summed E-state index contributed by atoms with van der Waals surface area (Å²) < 4.78 is 8.05. The number of hydrogen-bond donors (Lipinski definition) is 0. The Kier molecular flexibility index (Phi) is 9.46. The summed E-state index contributed by atoms with van der Waals surface area (Å²) in [5, 5.41) is 5.39. The predicted octanol–water partition coefficient (Wildman–Crippen LogP) is 8.01. The lowest BCUT2D eigenvalue weighted by molar-refractivity contribution is -0.122. The molecule has 2 heterocycles. The van der Waals surface area contributed by atoms with Gasteiger partial charge in [0.2, 0.25) is 0 Å². The predicted molar refractivity (Wildman–Crippen MR) is 158 cm³/mol. The maximum absolute atomic E-state index is 13.4. The lowest BCUT2D eigenvalue weighted by atomic mass is 9.99. The van der Waals surface area contributed by atoms with Crippen molar-refractivity contribution in [2.75, 3.05) is 13.2 Å². The first kappa shape index (κ1) is 27.4. The first-order chi connectivity index (χ1) is 17.9. The van der Waals surface area contributed by atoms with Crippen LogP contribution in [0.25, 0.3) is 23.0 Å². The van der Waals surface area contributed by atoms with Crippen molar-refractivity contribution < 1.29 is 9.53 Å². The zero-order valence-electron chi connectivity index (χ0n) is 21.4. The molecule has 5 nitrogen and oxygen atoms in total. The highest BCUT2D eigenvalue weighted by atomic mass is 35.5. The fourth-order valence-corrected chi connectivity index (χ4v) is 5.83. The van der Waals surface area contributed by atoms with Crippen LogP contribution < -0.4 is 4.74 Å². The maximum Gasteiger partial charge on any atom is 0.266 e. The second-order valence-electron chi connectivity index (χ2n) is 9.00. The number of rotatable bonds is 11. The van der Waals surface area contributed by atoms with Gasteiger partial charge in [-0.2, -0.15) is 5.10 Å². The third-order valence-electron chi connectivity index (χ3n) is 6.41. The lowest BCUT2D eigenvalue weighted by Crippen LogP contribution is -2.33. The standard InChI is InChI=1S/C29H32ClN3O2S2/c1-4-7-11-20(5-2)18-32-28(34)26(37-29(32)36)17-22-19-33(23-12-9-8-10-13-23)31-27(22)21-14-15-25(35-6-3)24(30)16-21/h8-10,12-17,19-20H,4-7,11,18H2,1-3H3/b26-17-/t20-/m0/s1. The van der Waals surface area contributed by atoms with E-state index in [1.54, 1.807) is 4.90 Å². The number of amides is 1. The molecule has 1 aromatic heterocycles. The Morgan fingerprint density at radius 3 is 2.62 bits per heavy atom. The number of nitrogens with zero attached hydrogens (tertiary/aromatic N) is 3. The summed E-state index contributed by atoms with van der Waals surface area (Å²) in [6, 6.07) is 15.5. The monoisotopic (exact) mass is 553 g/mol. The third kappa shape index (κ3) is 6.46. The van der Waals surface area contributed by atoms with Gasteiger partial charge in [-0.05, 0) is 55.7 Å². The molecule has 4 rings (SSSR count). The smallest absolute Gasteiger partial charge is 0.266 e. The summed E-state index contributed by atoms with van der Waals surface area (Å²) in [7, 11) is 0. The van der Waals surface area contributed by atoms with Crippen molar-refractivity contribution in [3.63, 3.8) is 0 Å². The molecule has 1 atom stereocenters. The number of thioether (sulfide) groups is 1. The molecule has 1 fully saturated rings. The molecule has 1 aliphatic heterocycles. The van der Waals surface area contributed by atoms with Gasteiger partial charge >= 0.3 is 0 Å². The molecule has 3 aromatic rings. The summed E-state index contributed by atoms with van der Waals surface area (Å²) in [5.41, 5.74) is 3.32. The lowest BCUT2D eigenvalue weighted by Gasteiger charge is -2.21. The molecule has 0 radical (unpaired) electrons. The molecule has 2 aromatic carbocycles. The van der Waals surface area contributed by atoms with Gasteiger partial charge in [0.25, 0.3) is 5.91 Å². The highest BCUT2D eigenvalue weighted by Crippen LogP contribution is 2.37. The van der Waals surface area contributed by atoms with Gasteiger partial charge in [-0.15, -0.1) is 0 Å². The zero-order chi connectivity index (χ0) is 26.4. The molecule has 37 heavy (non-hydrogen) atoms. The van der Waals surface area contributed by atoms with Gasteiger partial charge in [0.05, 0.1) is 22.2 Å². The number of aromatic nitrogens is 2. The fraction of sp³-hybridized carbons (Fsp3) is 0.345. The molecule has 1 amide bonds. The van der Waals surface area contributed by atoms with Crippen molar-refractivity contribution in [3.8, 4) is 22.7 Å². The van der Waals surface area contributed by atoms with Gasteiger partial charge in [0.15, 0.2) is 0 Å². The molecule has 0 aliphatic carbocycles. The van der Waals surface area contributed by atoms with Crippen LogP contribution in [0.5, 0.6) is 5.75 Å². The second-order valence-corrected chi connectivity index (χ2v) is 11.1. The number of hydrogen-bond acceptors (Lipinski definition) is 5. The highest BCUT2D eigenvalue weighted by Gasteiger charge is 2.33. The maximum atomic E-state index is 13.4. The van der Waals surface area contributed by atoms with Crippen LogP contribution in [0.15, 0.2) is 59.6 Å². The number of thiocarbonyl (C=S) groups is 1. The van der Waals surface area contributed by atoms with Gasteiger partial charge in [-0.3, -0.25) is 9.69 Å². The minimum absolute atomic E-state index is 0.0342. The molecule has 194 valence electrons. The van der Waals surface area contributed by atoms with E-state index in [0.29, 0.717) is 39.1 Å². The van der Waals surface area contributed by atoms with Crippen LogP contribution >= 0.6 is 35.6 Å². The zero-order valence-corrected chi connectivity index (χ0v) is 23.8. The summed E-state index contributed by atoms with van der Waals surface area (Å²) in [6.45, 7) is 7.50. The van der Waals surface area contributed by atoms with Gasteiger partial charge in [0, 0.05) is 23.9 Å². The molecule has 1 aliphatic rings. The van der Waals surface area contributed by atoms with Crippen molar-refractivity contribution in [1.29, 1.82) is 0 Å². The van der Waals surface area contributed by atoms with Crippen LogP contribution in [0.1, 0.15) is 52.0 Å². The number of ether oxygens (including phenoxy) is 1. The molecule has 8 heteroatoms. The molecule has 0 N–H and O–H groups in total. The van der Waals surface area contributed by atoms with Crippen LogP contribution in [0.4, 0.5) is 0 Å². The Morgan fingerprint density at radius 1 is 1.16 bits per heavy atom. The number of carbonyl (C=O) groups is 1. The SMILES string of the molecule is CCCC[C@H](CC)CN1C(=O)/C(=C/c2cn(-c3ccccc3)nc2-c2ccc(OCC)c(Cl)c2)SC1=S. The second kappa shape index (κ2) is 12.8. The first-order valence-electron chi connectivity index (χ1n) is 12.8. The van der Waals surface area contributed by atoms with E-state index >= 15 is 0 Å². The minimum atomic E-state index is -0.0342. The van der Waals surface area contributed by atoms with Gasteiger partial charge < -0.3 is 4.74 Å². The number of para-hydroxylation sites is 1. The Labute approximate surface area is 233 Å². The summed E-state index contributed by atoms with van der Waals surface area (Å²) >= 11 is 13.5. The molecule has 0 bridgehead atoms. The molecular formula is C29H32ClN3O2S2. The van der Waals surface area contributed by atoms with Gasteiger partial charge in [-0.25, -0.2) is 4.68 Å². The number of carbonyl (C=O) groups excluding carboxylic acids is 1. The summed E-state index contributed by atoms with van der Waals surface area (Å²) in [5.74, 6) is 1.05. The largest absolute Gasteiger partial charge is 0.492 e.